The zero-order chi connectivity index (χ0) is 11.8. The fourth-order valence-electron chi connectivity index (χ4n) is 2.70. The van der Waals surface area contributed by atoms with Crippen LogP contribution in [0.25, 0.3) is 0 Å². The number of hydrogen-bond donors (Lipinski definition) is 1. The van der Waals surface area contributed by atoms with Crippen molar-refractivity contribution in [1.29, 1.82) is 0 Å². The second-order valence-corrected chi connectivity index (χ2v) is 5.07. The van der Waals surface area contributed by atoms with Gasteiger partial charge in [0.1, 0.15) is 5.82 Å². The average molecular weight is 233 g/mol. The van der Waals surface area contributed by atoms with Crippen LogP contribution in [0.5, 0.6) is 0 Å². The molecule has 3 heteroatoms. The number of amides is 1. The molecule has 0 bridgehead atoms. The van der Waals surface area contributed by atoms with Crippen molar-refractivity contribution in [1.82, 2.24) is 5.32 Å². The smallest absolute Gasteiger partial charge is 0.223 e. The van der Waals surface area contributed by atoms with E-state index in [0.717, 1.165) is 36.8 Å². The number of nitrogens with one attached hydrogen (secondary N) is 1. The van der Waals surface area contributed by atoms with Crippen molar-refractivity contribution >= 4 is 5.91 Å². The lowest BCUT2D eigenvalue weighted by molar-refractivity contribution is -0.128. The molecule has 1 saturated carbocycles. The van der Waals surface area contributed by atoms with E-state index in [9.17, 15) is 9.18 Å². The molecule has 1 fully saturated rings. The first kappa shape index (κ1) is 10.8. The second kappa shape index (κ2) is 4.13. The molecule has 1 aromatic rings. The molecule has 0 aromatic heterocycles. The van der Waals surface area contributed by atoms with Crippen LogP contribution in [0.1, 0.15) is 42.9 Å². The predicted octanol–water partition coefficient (Wildman–Crippen LogP) is 2.73. The average Bonchev–Trinajstić information content (AvgIpc) is 2.58. The van der Waals surface area contributed by atoms with Crippen molar-refractivity contribution < 1.29 is 9.18 Å². The van der Waals surface area contributed by atoms with Crippen LogP contribution in [0.3, 0.4) is 0 Å². The molecule has 2 aliphatic rings. The standard InChI is InChI=1S/C14H16FNO/c15-11-5-6-12-10(8-11)4-7-13(12)16-14(17)9-2-1-3-9/h5-6,8-9,13H,1-4,7H2,(H,16,17)/t13-/m1/s1. The van der Waals surface area contributed by atoms with Gasteiger partial charge in [-0.15, -0.1) is 0 Å². The van der Waals surface area contributed by atoms with Gasteiger partial charge < -0.3 is 5.32 Å². The van der Waals surface area contributed by atoms with Crippen LogP contribution in [0, 0.1) is 11.7 Å². The van der Waals surface area contributed by atoms with Crippen LogP contribution in [-0.4, -0.2) is 5.91 Å². The Kier molecular flexibility index (Phi) is 2.61. The topological polar surface area (TPSA) is 29.1 Å². The van der Waals surface area contributed by atoms with E-state index in [0.29, 0.717) is 0 Å². The summed E-state index contributed by atoms with van der Waals surface area (Å²) in [6.45, 7) is 0. The molecule has 0 radical (unpaired) electrons. The highest BCUT2D eigenvalue weighted by atomic mass is 19.1. The van der Waals surface area contributed by atoms with Gasteiger partial charge in [0, 0.05) is 5.92 Å². The Morgan fingerprint density at radius 2 is 2.12 bits per heavy atom. The Balaban J connectivity index is 1.72. The van der Waals surface area contributed by atoms with E-state index in [1.807, 2.05) is 6.07 Å². The van der Waals surface area contributed by atoms with E-state index in [-0.39, 0.29) is 23.7 Å². The summed E-state index contributed by atoms with van der Waals surface area (Å²) in [5.41, 5.74) is 2.14. The zero-order valence-corrected chi connectivity index (χ0v) is 9.71. The number of aryl methyl sites for hydroxylation is 1. The number of fused-ring (bicyclic) bond motifs is 1. The van der Waals surface area contributed by atoms with Crippen molar-refractivity contribution in [3.05, 3.63) is 35.1 Å². The maximum absolute atomic E-state index is 13.1. The van der Waals surface area contributed by atoms with Gasteiger partial charge in [0.25, 0.3) is 0 Å². The lowest BCUT2D eigenvalue weighted by Crippen LogP contribution is -2.36. The van der Waals surface area contributed by atoms with Gasteiger partial charge in [0.15, 0.2) is 0 Å². The Labute approximate surface area is 100 Å². The van der Waals surface area contributed by atoms with Crippen LogP contribution < -0.4 is 5.32 Å². The summed E-state index contributed by atoms with van der Waals surface area (Å²) in [6, 6.07) is 4.97. The van der Waals surface area contributed by atoms with Gasteiger partial charge in [-0.25, -0.2) is 4.39 Å². The van der Waals surface area contributed by atoms with Crippen molar-refractivity contribution in [2.75, 3.05) is 0 Å². The van der Waals surface area contributed by atoms with Crippen molar-refractivity contribution in [3.63, 3.8) is 0 Å². The van der Waals surface area contributed by atoms with E-state index < -0.39 is 0 Å². The van der Waals surface area contributed by atoms with E-state index in [1.165, 1.54) is 12.5 Å². The molecular formula is C14H16FNO. The van der Waals surface area contributed by atoms with Crippen LogP contribution in [0.15, 0.2) is 18.2 Å². The zero-order valence-electron chi connectivity index (χ0n) is 9.71. The van der Waals surface area contributed by atoms with E-state index in [2.05, 4.69) is 5.32 Å². The lowest BCUT2D eigenvalue weighted by Gasteiger charge is -2.26. The number of carbonyl (C=O) groups excluding carboxylic acids is 1. The van der Waals surface area contributed by atoms with Crippen LogP contribution in [0.2, 0.25) is 0 Å². The molecule has 1 N–H and O–H groups in total. The molecule has 2 nitrogen and oxygen atoms in total. The summed E-state index contributed by atoms with van der Waals surface area (Å²) < 4.78 is 13.1. The fraction of sp³-hybridized carbons (Fsp3) is 0.500. The third kappa shape index (κ3) is 1.94. The Bertz CT molecular complexity index is 454. The number of carbonyl (C=O) groups is 1. The van der Waals surface area contributed by atoms with E-state index in [4.69, 9.17) is 0 Å². The van der Waals surface area contributed by atoms with Gasteiger partial charge in [-0.05, 0) is 48.9 Å². The Morgan fingerprint density at radius 3 is 2.82 bits per heavy atom. The van der Waals surface area contributed by atoms with Gasteiger partial charge in [-0.1, -0.05) is 12.5 Å². The molecular weight excluding hydrogens is 217 g/mol. The molecule has 1 amide bonds. The predicted molar refractivity (Wildman–Crippen MR) is 62.9 cm³/mol. The molecule has 0 spiro atoms. The number of hydrogen-bond acceptors (Lipinski definition) is 1. The first-order chi connectivity index (χ1) is 8.24. The first-order valence-electron chi connectivity index (χ1n) is 6.33. The maximum Gasteiger partial charge on any atom is 0.223 e. The number of rotatable bonds is 2. The van der Waals surface area contributed by atoms with Crippen LogP contribution in [0.4, 0.5) is 4.39 Å². The molecule has 0 unspecified atom stereocenters. The molecule has 0 saturated heterocycles. The fourth-order valence-corrected chi connectivity index (χ4v) is 2.70. The van der Waals surface area contributed by atoms with E-state index >= 15 is 0 Å². The highest BCUT2D eigenvalue weighted by molar-refractivity contribution is 5.80. The second-order valence-electron chi connectivity index (χ2n) is 5.07. The van der Waals surface area contributed by atoms with Gasteiger partial charge in [0.2, 0.25) is 5.91 Å². The normalized spacial score (nSPS) is 23.0. The quantitative estimate of drug-likeness (QED) is 0.836. The highest BCUT2D eigenvalue weighted by Crippen LogP contribution is 2.33. The third-order valence-electron chi connectivity index (χ3n) is 3.98. The minimum absolute atomic E-state index is 0.0960. The summed E-state index contributed by atoms with van der Waals surface area (Å²) in [6.07, 6.45) is 4.98. The summed E-state index contributed by atoms with van der Waals surface area (Å²) in [5.74, 6) is 0.215. The van der Waals surface area contributed by atoms with Gasteiger partial charge >= 0.3 is 0 Å². The summed E-state index contributed by atoms with van der Waals surface area (Å²) in [7, 11) is 0. The molecule has 1 aromatic carbocycles. The summed E-state index contributed by atoms with van der Waals surface area (Å²) in [4.78, 5) is 11.9. The van der Waals surface area contributed by atoms with Gasteiger partial charge in [-0.3, -0.25) is 4.79 Å². The largest absolute Gasteiger partial charge is 0.349 e. The highest BCUT2D eigenvalue weighted by Gasteiger charge is 2.29. The third-order valence-corrected chi connectivity index (χ3v) is 3.98. The van der Waals surface area contributed by atoms with E-state index in [1.54, 1.807) is 6.07 Å². The van der Waals surface area contributed by atoms with Crippen molar-refractivity contribution in [3.8, 4) is 0 Å². The number of benzene rings is 1. The monoisotopic (exact) mass is 233 g/mol. The molecule has 0 aliphatic heterocycles. The Hall–Kier alpha value is -1.38. The molecule has 1 atom stereocenters. The Morgan fingerprint density at radius 1 is 1.29 bits per heavy atom. The summed E-state index contributed by atoms with van der Waals surface area (Å²) in [5, 5.41) is 3.10. The van der Waals surface area contributed by atoms with Crippen molar-refractivity contribution in [2.45, 2.75) is 38.1 Å². The molecule has 2 aliphatic carbocycles. The summed E-state index contributed by atoms with van der Waals surface area (Å²) >= 11 is 0. The van der Waals surface area contributed by atoms with Gasteiger partial charge in [-0.2, -0.15) is 0 Å². The SMILES string of the molecule is O=C(N[C@@H]1CCc2cc(F)ccc21)C1CCC1. The minimum atomic E-state index is -0.185. The van der Waals surface area contributed by atoms with Crippen LogP contribution in [-0.2, 0) is 11.2 Å². The lowest BCUT2D eigenvalue weighted by atomic mass is 9.84. The minimum Gasteiger partial charge on any atom is -0.349 e. The van der Waals surface area contributed by atoms with Gasteiger partial charge in [0.05, 0.1) is 6.04 Å². The first-order valence-corrected chi connectivity index (χ1v) is 6.33. The molecule has 3 rings (SSSR count). The number of halogens is 1. The molecule has 90 valence electrons. The van der Waals surface area contributed by atoms with Crippen LogP contribution >= 0.6 is 0 Å². The van der Waals surface area contributed by atoms with Crippen molar-refractivity contribution in [2.24, 2.45) is 5.92 Å². The maximum atomic E-state index is 13.1. The molecule has 0 heterocycles. The molecule has 17 heavy (non-hydrogen) atoms.